The number of hydrogen-bond acceptors (Lipinski definition) is 7. The van der Waals surface area contributed by atoms with Crippen molar-refractivity contribution in [3.63, 3.8) is 0 Å². The van der Waals surface area contributed by atoms with Crippen LogP contribution in [0.3, 0.4) is 0 Å². The predicted octanol–water partition coefficient (Wildman–Crippen LogP) is 1.92. The molecule has 2 aromatic rings. The number of anilines is 1. The normalized spacial score (nSPS) is 16.6. The molecule has 0 aliphatic carbocycles. The van der Waals surface area contributed by atoms with Crippen LogP contribution in [-0.4, -0.2) is 53.2 Å². The summed E-state index contributed by atoms with van der Waals surface area (Å²) in [5.41, 5.74) is 0.471. The Morgan fingerprint density at radius 1 is 1.06 bits per heavy atom. The topological polar surface area (TPSA) is 103 Å². The summed E-state index contributed by atoms with van der Waals surface area (Å²) in [7, 11) is -3.52. The molecule has 0 bridgehead atoms. The second-order valence-electron chi connectivity index (χ2n) is 7.28. The van der Waals surface area contributed by atoms with Gasteiger partial charge in [0, 0.05) is 19.0 Å². The highest BCUT2D eigenvalue weighted by atomic mass is 32.2. The summed E-state index contributed by atoms with van der Waals surface area (Å²) in [6, 6.07) is 12.3. The summed E-state index contributed by atoms with van der Waals surface area (Å²) in [4.78, 5) is 12.2. The van der Waals surface area contributed by atoms with Gasteiger partial charge in [-0.05, 0) is 30.7 Å². The molecule has 0 aromatic heterocycles. The standard InChI is InChI=1S/C21H24N2O7S/c1-31(25,26)23(15-8-9-18-20(11-15)29-14-28-18)10-4-7-21(24)22-12-16-13-27-17-5-2-3-6-19(17)30-16/h2-3,5-6,8-9,11,16H,4,7,10,12-14H2,1H3,(H,22,24). The average Bonchev–Trinajstić information content (AvgIpc) is 3.22. The van der Waals surface area contributed by atoms with Crippen LogP contribution in [-0.2, 0) is 14.8 Å². The van der Waals surface area contributed by atoms with Gasteiger partial charge in [0.25, 0.3) is 0 Å². The molecular weight excluding hydrogens is 424 g/mol. The molecule has 1 amide bonds. The van der Waals surface area contributed by atoms with Gasteiger partial charge >= 0.3 is 0 Å². The zero-order valence-corrected chi connectivity index (χ0v) is 17.9. The van der Waals surface area contributed by atoms with Crippen molar-refractivity contribution in [2.75, 3.05) is 37.1 Å². The largest absolute Gasteiger partial charge is 0.486 e. The van der Waals surface area contributed by atoms with Gasteiger partial charge in [0.05, 0.1) is 18.5 Å². The molecule has 166 valence electrons. The van der Waals surface area contributed by atoms with E-state index in [1.54, 1.807) is 18.2 Å². The number of sulfonamides is 1. The molecule has 0 radical (unpaired) electrons. The third-order valence-corrected chi connectivity index (χ3v) is 6.10. The minimum Gasteiger partial charge on any atom is -0.486 e. The van der Waals surface area contributed by atoms with E-state index in [1.807, 2.05) is 24.3 Å². The first-order valence-corrected chi connectivity index (χ1v) is 11.8. The van der Waals surface area contributed by atoms with Crippen molar-refractivity contribution in [3.8, 4) is 23.0 Å². The first-order chi connectivity index (χ1) is 14.9. The lowest BCUT2D eigenvalue weighted by Crippen LogP contribution is -2.41. The van der Waals surface area contributed by atoms with Crippen LogP contribution < -0.4 is 28.6 Å². The van der Waals surface area contributed by atoms with Crippen LogP contribution in [0.5, 0.6) is 23.0 Å². The summed E-state index contributed by atoms with van der Waals surface area (Å²) >= 11 is 0. The smallest absolute Gasteiger partial charge is 0.232 e. The molecule has 4 rings (SSSR count). The van der Waals surface area contributed by atoms with Gasteiger partial charge in [-0.3, -0.25) is 9.10 Å². The summed E-state index contributed by atoms with van der Waals surface area (Å²) in [6.07, 6.45) is 1.40. The minimum atomic E-state index is -3.52. The maximum absolute atomic E-state index is 12.3. The monoisotopic (exact) mass is 448 g/mol. The molecule has 2 aliphatic heterocycles. The van der Waals surface area contributed by atoms with E-state index in [9.17, 15) is 13.2 Å². The van der Waals surface area contributed by atoms with E-state index in [-0.39, 0.29) is 31.8 Å². The molecular formula is C21H24N2O7S. The quantitative estimate of drug-likeness (QED) is 0.658. The maximum Gasteiger partial charge on any atom is 0.232 e. The second kappa shape index (κ2) is 8.93. The van der Waals surface area contributed by atoms with E-state index < -0.39 is 10.0 Å². The van der Waals surface area contributed by atoms with Gasteiger partial charge in [0.2, 0.25) is 22.7 Å². The highest BCUT2D eigenvalue weighted by Gasteiger charge is 2.23. The molecule has 2 aromatic carbocycles. The fourth-order valence-electron chi connectivity index (χ4n) is 3.39. The third-order valence-electron chi connectivity index (χ3n) is 4.90. The van der Waals surface area contributed by atoms with E-state index in [2.05, 4.69) is 5.32 Å². The van der Waals surface area contributed by atoms with Gasteiger partial charge in [0.1, 0.15) is 12.7 Å². The number of ether oxygens (including phenoxy) is 4. The summed E-state index contributed by atoms with van der Waals surface area (Å²) in [6.45, 7) is 0.940. The lowest BCUT2D eigenvalue weighted by atomic mass is 10.2. The van der Waals surface area contributed by atoms with Gasteiger partial charge in [-0.2, -0.15) is 0 Å². The Bertz CT molecular complexity index is 1060. The Labute approximate surface area is 180 Å². The van der Waals surface area contributed by atoms with Crippen molar-refractivity contribution in [3.05, 3.63) is 42.5 Å². The van der Waals surface area contributed by atoms with Crippen LogP contribution in [0, 0.1) is 0 Å². The van der Waals surface area contributed by atoms with E-state index >= 15 is 0 Å². The number of amides is 1. The molecule has 9 nitrogen and oxygen atoms in total. The number of fused-ring (bicyclic) bond motifs is 2. The summed E-state index contributed by atoms with van der Waals surface area (Å²) in [5.74, 6) is 2.24. The van der Waals surface area contributed by atoms with Crippen molar-refractivity contribution in [1.82, 2.24) is 5.32 Å². The van der Waals surface area contributed by atoms with Crippen molar-refractivity contribution in [2.45, 2.75) is 18.9 Å². The average molecular weight is 448 g/mol. The van der Waals surface area contributed by atoms with Crippen molar-refractivity contribution in [1.29, 1.82) is 0 Å². The number of nitrogens with one attached hydrogen (secondary N) is 1. The van der Waals surface area contributed by atoms with Crippen molar-refractivity contribution in [2.24, 2.45) is 0 Å². The Morgan fingerprint density at radius 2 is 1.81 bits per heavy atom. The zero-order valence-electron chi connectivity index (χ0n) is 17.1. The first kappa shape index (κ1) is 21.1. The van der Waals surface area contributed by atoms with Gasteiger partial charge < -0.3 is 24.3 Å². The molecule has 0 spiro atoms. The number of para-hydroxylation sites is 2. The summed E-state index contributed by atoms with van der Waals surface area (Å²) < 4.78 is 47.8. The molecule has 1 unspecified atom stereocenters. The Hall–Kier alpha value is -3.14. The molecule has 2 aliphatic rings. The first-order valence-electron chi connectivity index (χ1n) is 9.93. The van der Waals surface area contributed by atoms with Crippen LogP contribution >= 0.6 is 0 Å². The van der Waals surface area contributed by atoms with Crippen molar-refractivity contribution < 1.29 is 32.2 Å². The zero-order chi connectivity index (χ0) is 21.8. The predicted molar refractivity (Wildman–Crippen MR) is 113 cm³/mol. The number of hydrogen-bond donors (Lipinski definition) is 1. The number of carbonyl (C=O) groups excluding carboxylic acids is 1. The van der Waals surface area contributed by atoms with Crippen molar-refractivity contribution >= 4 is 21.6 Å². The van der Waals surface area contributed by atoms with Crippen LogP contribution in [0.15, 0.2) is 42.5 Å². The summed E-state index contributed by atoms with van der Waals surface area (Å²) in [5, 5.41) is 2.82. The molecule has 31 heavy (non-hydrogen) atoms. The van der Waals surface area contributed by atoms with Crippen LogP contribution in [0.4, 0.5) is 5.69 Å². The number of carbonyl (C=O) groups is 1. The molecule has 1 N–H and O–H groups in total. The lowest BCUT2D eigenvalue weighted by Gasteiger charge is -2.26. The fraction of sp³-hybridized carbons (Fsp3) is 0.381. The van der Waals surface area contributed by atoms with Gasteiger partial charge in [-0.25, -0.2) is 8.42 Å². The van der Waals surface area contributed by atoms with Gasteiger partial charge in [-0.1, -0.05) is 12.1 Å². The molecule has 0 saturated heterocycles. The highest BCUT2D eigenvalue weighted by molar-refractivity contribution is 7.92. The molecule has 0 saturated carbocycles. The molecule has 2 heterocycles. The van der Waals surface area contributed by atoms with Gasteiger partial charge in [0.15, 0.2) is 23.0 Å². The fourth-order valence-corrected chi connectivity index (χ4v) is 4.35. The number of nitrogens with zero attached hydrogens (tertiary/aromatic N) is 1. The Morgan fingerprint density at radius 3 is 2.61 bits per heavy atom. The van der Waals surface area contributed by atoms with Crippen LogP contribution in [0.25, 0.3) is 0 Å². The maximum atomic E-state index is 12.3. The third kappa shape index (κ3) is 5.13. The minimum absolute atomic E-state index is 0.110. The molecule has 0 fully saturated rings. The van der Waals surface area contributed by atoms with Crippen LogP contribution in [0.2, 0.25) is 0 Å². The second-order valence-corrected chi connectivity index (χ2v) is 9.18. The van der Waals surface area contributed by atoms with E-state index in [4.69, 9.17) is 18.9 Å². The number of benzene rings is 2. The van der Waals surface area contributed by atoms with E-state index in [0.717, 1.165) is 6.26 Å². The Kier molecular flexibility index (Phi) is 6.08. The van der Waals surface area contributed by atoms with Gasteiger partial charge in [-0.15, -0.1) is 0 Å². The number of rotatable bonds is 8. The Balaban J connectivity index is 1.27. The van der Waals surface area contributed by atoms with E-state index in [0.29, 0.717) is 48.3 Å². The van der Waals surface area contributed by atoms with Crippen LogP contribution in [0.1, 0.15) is 12.8 Å². The van der Waals surface area contributed by atoms with E-state index in [1.165, 1.54) is 4.31 Å². The molecule has 1 atom stereocenters. The highest BCUT2D eigenvalue weighted by Crippen LogP contribution is 2.36. The molecule has 10 heteroatoms. The SMILES string of the molecule is CS(=O)(=O)N(CCCC(=O)NCC1COc2ccccc2O1)c1ccc2c(c1)OCO2. The lowest BCUT2D eigenvalue weighted by molar-refractivity contribution is -0.121.